The number of ether oxygens (including phenoxy) is 1. The van der Waals surface area contributed by atoms with E-state index in [4.69, 9.17) is 0 Å². The van der Waals surface area contributed by atoms with Crippen LogP contribution in [0.1, 0.15) is 18.5 Å². The van der Waals surface area contributed by atoms with E-state index in [9.17, 15) is 26.3 Å². The molecule has 1 unspecified atom stereocenters. The topological polar surface area (TPSA) is 21.3 Å². The molecule has 0 aromatic heterocycles. The van der Waals surface area contributed by atoms with Crippen molar-refractivity contribution in [1.29, 1.82) is 0 Å². The van der Waals surface area contributed by atoms with Crippen molar-refractivity contribution in [3.8, 4) is 0 Å². The second-order valence-corrected chi connectivity index (χ2v) is 4.35. The average Bonchev–Trinajstić information content (AvgIpc) is 2.40. The number of likely N-dealkylation sites (N-methyl/N-ethyl adjacent to an activating group) is 1. The van der Waals surface area contributed by atoms with Gasteiger partial charge in [-0.15, -0.1) is 0 Å². The van der Waals surface area contributed by atoms with Gasteiger partial charge in [-0.2, -0.15) is 8.78 Å². The van der Waals surface area contributed by atoms with Crippen molar-refractivity contribution in [3.63, 3.8) is 0 Å². The molecule has 0 aliphatic heterocycles. The molecule has 1 N–H and O–H groups in total. The monoisotopic (exact) mass is 315 g/mol. The zero-order valence-corrected chi connectivity index (χ0v) is 11.2. The molecule has 120 valence electrons. The standard InChI is InChI=1S/C13H15F6NO/c1-2-20-11(6-21-7-13(18,19)12(16)17)9-5-8(14)3-4-10(9)15/h3-5,11-12,20H,2,6-7H2,1H3. The van der Waals surface area contributed by atoms with Crippen molar-refractivity contribution in [3.05, 3.63) is 35.4 Å². The van der Waals surface area contributed by atoms with E-state index in [1.807, 2.05) is 0 Å². The molecular weight excluding hydrogens is 300 g/mol. The zero-order valence-electron chi connectivity index (χ0n) is 11.2. The second kappa shape index (κ2) is 7.65. The van der Waals surface area contributed by atoms with Gasteiger partial charge in [-0.1, -0.05) is 6.92 Å². The lowest BCUT2D eigenvalue weighted by atomic mass is 10.1. The molecular formula is C13H15F6NO. The lowest BCUT2D eigenvalue weighted by Gasteiger charge is -2.21. The highest BCUT2D eigenvalue weighted by atomic mass is 19.3. The average molecular weight is 315 g/mol. The van der Waals surface area contributed by atoms with Gasteiger partial charge in [0.1, 0.15) is 18.2 Å². The predicted octanol–water partition coefficient (Wildman–Crippen LogP) is 3.53. The molecule has 0 bridgehead atoms. The second-order valence-electron chi connectivity index (χ2n) is 4.35. The minimum absolute atomic E-state index is 0.114. The highest BCUT2D eigenvalue weighted by Crippen LogP contribution is 2.24. The number of hydrogen-bond acceptors (Lipinski definition) is 2. The molecule has 1 rings (SSSR count). The third kappa shape index (κ3) is 5.20. The first kappa shape index (κ1) is 17.8. The summed E-state index contributed by atoms with van der Waals surface area (Å²) in [6, 6.07) is 1.78. The maximum atomic E-state index is 13.6. The zero-order chi connectivity index (χ0) is 16.0. The molecule has 2 nitrogen and oxygen atoms in total. The maximum absolute atomic E-state index is 13.6. The smallest absolute Gasteiger partial charge is 0.330 e. The van der Waals surface area contributed by atoms with Crippen molar-refractivity contribution in [2.45, 2.75) is 25.3 Å². The van der Waals surface area contributed by atoms with E-state index >= 15 is 0 Å². The fourth-order valence-corrected chi connectivity index (χ4v) is 1.66. The Morgan fingerprint density at radius 3 is 2.48 bits per heavy atom. The number of rotatable bonds is 8. The van der Waals surface area contributed by atoms with Crippen LogP contribution < -0.4 is 5.32 Å². The molecule has 8 heteroatoms. The molecule has 0 amide bonds. The van der Waals surface area contributed by atoms with Gasteiger partial charge in [0, 0.05) is 5.56 Å². The van der Waals surface area contributed by atoms with E-state index in [0.717, 1.165) is 18.2 Å². The van der Waals surface area contributed by atoms with Crippen LogP contribution in [-0.4, -0.2) is 32.1 Å². The first-order valence-electron chi connectivity index (χ1n) is 6.20. The van der Waals surface area contributed by atoms with Crippen LogP contribution in [0.25, 0.3) is 0 Å². The van der Waals surface area contributed by atoms with Gasteiger partial charge >= 0.3 is 12.3 Å². The van der Waals surface area contributed by atoms with Crippen molar-refractivity contribution in [2.24, 2.45) is 0 Å². The van der Waals surface area contributed by atoms with Crippen LogP contribution in [-0.2, 0) is 4.74 Å². The summed E-state index contributed by atoms with van der Waals surface area (Å²) in [6.07, 6.45) is -3.85. The molecule has 1 aromatic carbocycles. The third-order valence-corrected chi connectivity index (χ3v) is 2.68. The van der Waals surface area contributed by atoms with Crippen LogP contribution in [0.2, 0.25) is 0 Å². The Morgan fingerprint density at radius 2 is 1.90 bits per heavy atom. The van der Waals surface area contributed by atoms with Crippen molar-refractivity contribution in [2.75, 3.05) is 19.8 Å². The normalized spacial score (nSPS) is 13.7. The van der Waals surface area contributed by atoms with E-state index in [0.29, 0.717) is 6.54 Å². The van der Waals surface area contributed by atoms with E-state index in [2.05, 4.69) is 10.1 Å². The van der Waals surface area contributed by atoms with Gasteiger partial charge < -0.3 is 10.1 Å². The van der Waals surface area contributed by atoms with Crippen molar-refractivity contribution < 1.29 is 31.1 Å². The van der Waals surface area contributed by atoms with Crippen LogP contribution in [0.5, 0.6) is 0 Å². The maximum Gasteiger partial charge on any atom is 0.330 e. The molecule has 0 saturated carbocycles. The Labute approximate surface area is 118 Å². The largest absolute Gasteiger partial charge is 0.373 e. The summed E-state index contributed by atoms with van der Waals surface area (Å²) in [5.74, 6) is -5.73. The van der Waals surface area contributed by atoms with Gasteiger partial charge in [0.25, 0.3) is 0 Å². The van der Waals surface area contributed by atoms with E-state index in [-0.39, 0.29) is 5.56 Å². The predicted molar refractivity (Wildman–Crippen MR) is 64.5 cm³/mol. The Kier molecular flexibility index (Phi) is 6.47. The molecule has 0 saturated heterocycles. The summed E-state index contributed by atoms with van der Waals surface area (Å²) < 4.78 is 80.6. The van der Waals surface area contributed by atoms with Gasteiger partial charge in [-0.3, -0.25) is 0 Å². The SMILES string of the molecule is CCNC(COCC(F)(F)C(F)F)c1cc(F)ccc1F. The van der Waals surface area contributed by atoms with Gasteiger partial charge in [0.15, 0.2) is 0 Å². The van der Waals surface area contributed by atoms with Crippen molar-refractivity contribution in [1.82, 2.24) is 5.32 Å². The lowest BCUT2D eigenvalue weighted by molar-refractivity contribution is -0.167. The number of alkyl halides is 4. The Morgan fingerprint density at radius 1 is 1.24 bits per heavy atom. The molecule has 1 aromatic rings. The molecule has 0 aliphatic rings. The lowest BCUT2D eigenvalue weighted by Crippen LogP contribution is -2.34. The highest BCUT2D eigenvalue weighted by Gasteiger charge is 2.41. The molecule has 0 fully saturated rings. The fraction of sp³-hybridized carbons (Fsp3) is 0.538. The quantitative estimate of drug-likeness (QED) is 0.741. The Hall–Kier alpha value is -1.28. The number of hydrogen-bond donors (Lipinski definition) is 1. The van der Waals surface area contributed by atoms with Crippen molar-refractivity contribution >= 4 is 0 Å². The van der Waals surface area contributed by atoms with Crippen LogP contribution in [0.3, 0.4) is 0 Å². The minimum atomic E-state index is -4.28. The first-order chi connectivity index (χ1) is 9.77. The summed E-state index contributed by atoms with van der Waals surface area (Å²) in [7, 11) is 0. The highest BCUT2D eigenvalue weighted by molar-refractivity contribution is 5.22. The van der Waals surface area contributed by atoms with E-state index in [1.165, 1.54) is 0 Å². The summed E-state index contributed by atoms with van der Waals surface area (Å²) in [4.78, 5) is 0. The molecule has 0 spiro atoms. The molecule has 0 radical (unpaired) electrons. The van der Waals surface area contributed by atoms with Gasteiger partial charge in [0.05, 0.1) is 12.6 Å². The first-order valence-corrected chi connectivity index (χ1v) is 6.20. The number of nitrogens with one attached hydrogen (secondary N) is 1. The van der Waals surface area contributed by atoms with E-state index in [1.54, 1.807) is 6.92 Å². The molecule has 0 heterocycles. The van der Waals surface area contributed by atoms with Crippen LogP contribution in [0.15, 0.2) is 18.2 Å². The summed E-state index contributed by atoms with van der Waals surface area (Å²) in [5, 5.41) is 2.72. The molecule has 21 heavy (non-hydrogen) atoms. The minimum Gasteiger partial charge on any atom is -0.373 e. The summed E-state index contributed by atoms with van der Waals surface area (Å²) in [6.45, 7) is 0.00715. The molecule has 1 atom stereocenters. The number of halogens is 6. The van der Waals surface area contributed by atoms with Gasteiger partial charge in [-0.25, -0.2) is 17.6 Å². The van der Waals surface area contributed by atoms with Crippen LogP contribution in [0, 0.1) is 11.6 Å². The molecule has 0 aliphatic carbocycles. The van der Waals surface area contributed by atoms with Gasteiger partial charge in [0.2, 0.25) is 0 Å². The third-order valence-electron chi connectivity index (χ3n) is 2.68. The Balaban J connectivity index is 2.72. The van der Waals surface area contributed by atoms with E-state index < -0.39 is 43.2 Å². The Bertz CT molecular complexity index is 454. The van der Waals surface area contributed by atoms with Crippen LogP contribution >= 0.6 is 0 Å². The summed E-state index contributed by atoms with van der Waals surface area (Å²) in [5.41, 5.74) is -0.114. The fourth-order valence-electron chi connectivity index (χ4n) is 1.66. The number of benzene rings is 1. The van der Waals surface area contributed by atoms with Gasteiger partial charge in [-0.05, 0) is 24.7 Å². The summed E-state index contributed by atoms with van der Waals surface area (Å²) >= 11 is 0. The van der Waals surface area contributed by atoms with Crippen LogP contribution in [0.4, 0.5) is 26.3 Å².